The van der Waals surface area contributed by atoms with Gasteiger partial charge in [-0.1, -0.05) is 270 Å². The molecule has 3 N–H and O–H groups in total. The van der Waals surface area contributed by atoms with Gasteiger partial charge in [0.1, 0.15) is 19.3 Å². The Hall–Kier alpha value is -5.06. The number of carbonyl (C=O) groups is 4. The molecule has 0 saturated heterocycles. The van der Waals surface area contributed by atoms with Crippen LogP contribution in [0, 0.1) is 0 Å². The summed E-state index contributed by atoms with van der Waals surface area (Å²) >= 11 is 0. The normalized spacial score (nSPS) is 14.7. The molecule has 0 aromatic heterocycles. The Morgan fingerprint density at radius 2 is 0.549 bits per heavy atom. The van der Waals surface area contributed by atoms with E-state index in [9.17, 15) is 43.2 Å². The molecule has 19 heteroatoms. The van der Waals surface area contributed by atoms with Crippen LogP contribution in [0.5, 0.6) is 0 Å². The Bertz CT molecular complexity index is 2510. The minimum atomic E-state index is -5.00. The number of hydrogen-bond acceptors (Lipinski definition) is 15. The van der Waals surface area contributed by atoms with Gasteiger partial charge < -0.3 is 33.8 Å². The van der Waals surface area contributed by atoms with Gasteiger partial charge in [0.2, 0.25) is 0 Å². The van der Waals surface area contributed by atoms with Crippen molar-refractivity contribution in [2.24, 2.45) is 0 Å². The van der Waals surface area contributed by atoms with E-state index in [0.29, 0.717) is 25.7 Å². The van der Waals surface area contributed by atoms with E-state index in [2.05, 4.69) is 149 Å². The van der Waals surface area contributed by atoms with E-state index in [0.717, 1.165) is 173 Å². The maximum absolute atomic E-state index is 13.1. The molecule has 0 saturated carbocycles. The molecular weight excluding hydrogens is 1330 g/mol. The van der Waals surface area contributed by atoms with Crippen LogP contribution in [0.1, 0.15) is 297 Å². The van der Waals surface area contributed by atoms with E-state index in [4.69, 9.17) is 37.0 Å². The molecule has 5 unspecified atom stereocenters. The van der Waals surface area contributed by atoms with E-state index in [1.54, 1.807) is 6.08 Å². The average molecular weight is 1470 g/mol. The summed E-state index contributed by atoms with van der Waals surface area (Å²) in [5.74, 6) is -2.37. The first kappa shape index (κ1) is 96.9. The number of phosphoric acid groups is 2. The molecule has 0 spiro atoms. The molecule has 0 amide bonds. The summed E-state index contributed by atoms with van der Waals surface area (Å²) in [6.45, 7) is 4.44. The summed E-state index contributed by atoms with van der Waals surface area (Å²) in [5.41, 5.74) is 0. The van der Waals surface area contributed by atoms with Gasteiger partial charge in [-0.25, -0.2) is 9.13 Å². The predicted molar refractivity (Wildman–Crippen MR) is 417 cm³/mol. The van der Waals surface area contributed by atoms with E-state index < -0.39 is 97.5 Å². The molecule has 0 rings (SSSR count). The summed E-state index contributed by atoms with van der Waals surface area (Å²) in [7, 11) is -10.00. The Kier molecular flexibility index (Phi) is 70.5. The van der Waals surface area contributed by atoms with Crippen molar-refractivity contribution >= 4 is 39.5 Å². The minimum Gasteiger partial charge on any atom is -0.462 e. The lowest BCUT2D eigenvalue weighted by atomic mass is 10.1. The molecule has 17 nitrogen and oxygen atoms in total. The molecular formula is C83H138O17P2. The van der Waals surface area contributed by atoms with Gasteiger partial charge in [-0.05, 0) is 148 Å². The van der Waals surface area contributed by atoms with Crippen LogP contribution in [-0.4, -0.2) is 96.7 Å². The van der Waals surface area contributed by atoms with Gasteiger partial charge in [-0.2, -0.15) is 0 Å². The predicted octanol–water partition coefficient (Wildman–Crippen LogP) is 22.7. The average Bonchev–Trinajstić information content (AvgIpc) is 0.919. The summed E-state index contributed by atoms with van der Waals surface area (Å²) in [6.07, 6.45) is 84.3. The van der Waals surface area contributed by atoms with Crippen molar-refractivity contribution in [3.63, 3.8) is 0 Å². The van der Waals surface area contributed by atoms with Crippen molar-refractivity contribution in [1.82, 2.24) is 0 Å². The van der Waals surface area contributed by atoms with Crippen molar-refractivity contribution in [2.45, 2.75) is 316 Å². The number of allylic oxidation sites excluding steroid dienone is 23. The summed E-state index contributed by atoms with van der Waals surface area (Å²) < 4.78 is 68.4. The van der Waals surface area contributed by atoms with Gasteiger partial charge in [0.25, 0.3) is 0 Å². The molecule has 5 atom stereocenters. The number of hydrogen-bond donors (Lipinski definition) is 3. The third-order valence-corrected chi connectivity index (χ3v) is 17.7. The van der Waals surface area contributed by atoms with Crippen molar-refractivity contribution in [1.29, 1.82) is 0 Å². The van der Waals surface area contributed by atoms with Crippen molar-refractivity contribution in [3.8, 4) is 0 Å². The Labute approximate surface area is 617 Å². The lowest BCUT2D eigenvalue weighted by Crippen LogP contribution is -2.30. The van der Waals surface area contributed by atoms with Crippen LogP contribution in [0.2, 0.25) is 0 Å². The van der Waals surface area contributed by atoms with Crippen LogP contribution in [-0.2, 0) is 65.4 Å². The van der Waals surface area contributed by atoms with Crippen molar-refractivity contribution < 1.29 is 80.2 Å². The van der Waals surface area contributed by atoms with Crippen molar-refractivity contribution in [2.75, 3.05) is 39.6 Å². The molecule has 0 heterocycles. The molecule has 0 aromatic carbocycles. The lowest BCUT2D eigenvalue weighted by Gasteiger charge is -2.21. The number of aliphatic hydroxyl groups is 1. The smallest absolute Gasteiger partial charge is 0.462 e. The number of carbonyl (C=O) groups excluding carboxylic acids is 4. The highest BCUT2D eigenvalue weighted by Gasteiger charge is 2.30. The Balaban J connectivity index is 5.43. The fourth-order valence-corrected chi connectivity index (χ4v) is 11.5. The van der Waals surface area contributed by atoms with Crippen LogP contribution in [0.4, 0.5) is 0 Å². The van der Waals surface area contributed by atoms with Gasteiger partial charge in [-0.15, -0.1) is 0 Å². The topological polar surface area (TPSA) is 237 Å². The lowest BCUT2D eigenvalue weighted by molar-refractivity contribution is -0.161. The van der Waals surface area contributed by atoms with Gasteiger partial charge in [0.05, 0.1) is 32.8 Å². The van der Waals surface area contributed by atoms with Gasteiger partial charge in [0.15, 0.2) is 12.2 Å². The maximum atomic E-state index is 13.1. The molecule has 0 radical (unpaired) electrons. The Morgan fingerprint density at radius 3 is 0.902 bits per heavy atom. The Morgan fingerprint density at radius 1 is 0.294 bits per heavy atom. The highest BCUT2D eigenvalue weighted by molar-refractivity contribution is 7.47. The summed E-state index contributed by atoms with van der Waals surface area (Å²) in [6, 6.07) is 0. The zero-order valence-electron chi connectivity index (χ0n) is 63.5. The second-order valence-electron chi connectivity index (χ2n) is 25.5. The number of phosphoric ester groups is 2. The fourth-order valence-electron chi connectivity index (χ4n) is 9.90. The highest BCUT2D eigenvalue weighted by Crippen LogP contribution is 2.45. The standard InChI is InChI=1S/C83H138O17P2/c1-5-9-13-17-21-25-29-33-36-37-38-39-42-45-48-52-56-60-64-68-81(86)94-73-78(99-82(87)69-65-61-57-53-49-43-32-28-24-20-16-12-8-4)75-97-101(89,90)95-71-77(84)72-96-102(91,92)98-76-79(100-83(88)70-66-62-58-54-50-46-41-35-31-27-23-19-15-11-7-3)74-93-80(85)67-63-59-55-51-47-44-40-34-30-26-22-18-14-10-6-2/h9-10,13-14,21-23,25-28,32-36,38-41,47,51,59,63,77-79,84H,5-8,11-12,15-20,24,29-31,37,42-46,48-50,52-58,60-62,64-76H2,1-4H3,(H,89,90)(H,91,92)/b13-9-,14-10-,25-21-,26-22-,27-23-,32-28-,36-33-,39-38-,40-34-,41-35-,51-47-,63-59-. The van der Waals surface area contributed by atoms with E-state index in [-0.39, 0.29) is 25.7 Å². The summed E-state index contributed by atoms with van der Waals surface area (Å²) in [5, 5.41) is 10.6. The molecule has 0 aromatic rings. The van der Waals surface area contributed by atoms with Gasteiger partial charge in [0, 0.05) is 19.3 Å². The molecule has 0 bridgehead atoms. The first-order valence-electron chi connectivity index (χ1n) is 39.1. The molecule has 0 aliphatic rings. The monoisotopic (exact) mass is 1470 g/mol. The second-order valence-corrected chi connectivity index (χ2v) is 28.5. The maximum Gasteiger partial charge on any atom is 0.472 e. The van der Waals surface area contributed by atoms with Crippen LogP contribution < -0.4 is 0 Å². The third-order valence-electron chi connectivity index (χ3n) is 15.8. The first-order valence-corrected chi connectivity index (χ1v) is 42.1. The number of aliphatic hydroxyl groups excluding tert-OH is 1. The SMILES string of the molecule is CC/C=C\C/C=C\C/C=C\C/C=C\C/C=C\CC(=O)OCC(COP(=O)(O)OCC(O)COP(=O)(O)OCC(COC(=O)CCCCCCCC/C=C\C/C=C\C/C=C\C/C=C\CC)OC(=O)CCCCCCC/C=C\CCCCCC)OC(=O)CCCCCCC/C=C\C/C=C\CCCCC. The van der Waals surface area contributed by atoms with Crippen LogP contribution >= 0.6 is 15.6 Å². The number of ether oxygens (including phenoxy) is 4. The zero-order valence-corrected chi connectivity index (χ0v) is 65.3. The number of unbranched alkanes of at least 4 members (excludes halogenated alkanes) is 23. The largest absolute Gasteiger partial charge is 0.472 e. The minimum absolute atomic E-state index is 0.0557. The highest BCUT2D eigenvalue weighted by atomic mass is 31.2. The van der Waals surface area contributed by atoms with Crippen LogP contribution in [0.3, 0.4) is 0 Å². The van der Waals surface area contributed by atoms with Gasteiger partial charge >= 0.3 is 39.5 Å². The van der Waals surface area contributed by atoms with E-state index in [1.165, 1.54) is 44.9 Å². The fraction of sp³-hybridized carbons (Fsp3) is 0.663. The first-order chi connectivity index (χ1) is 49.7. The molecule has 582 valence electrons. The molecule has 102 heavy (non-hydrogen) atoms. The number of esters is 4. The second kappa shape index (κ2) is 74.2. The quantitative estimate of drug-likeness (QED) is 0.0169. The van der Waals surface area contributed by atoms with Crippen LogP contribution in [0.15, 0.2) is 146 Å². The zero-order chi connectivity index (χ0) is 74.6. The number of rotatable bonds is 72. The third kappa shape index (κ3) is 73.3. The molecule has 0 aliphatic carbocycles. The van der Waals surface area contributed by atoms with E-state index >= 15 is 0 Å². The summed E-state index contributed by atoms with van der Waals surface area (Å²) in [4.78, 5) is 72.9. The molecule has 0 fully saturated rings. The molecule has 0 aliphatic heterocycles. The van der Waals surface area contributed by atoms with Gasteiger partial charge in [-0.3, -0.25) is 37.3 Å². The van der Waals surface area contributed by atoms with Crippen molar-refractivity contribution in [3.05, 3.63) is 146 Å². The van der Waals surface area contributed by atoms with E-state index in [1.807, 2.05) is 18.2 Å². The van der Waals surface area contributed by atoms with Crippen LogP contribution in [0.25, 0.3) is 0 Å².